The number of hydrogen-bond donors (Lipinski definition) is 5. The van der Waals surface area contributed by atoms with E-state index in [1.807, 2.05) is 19.9 Å². The van der Waals surface area contributed by atoms with Crippen molar-refractivity contribution in [1.29, 1.82) is 0 Å². The van der Waals surface area contributed by atoms with Gasteiger partial charge in [-0.3, -0.25) is 33.7 Å². The van der Waals surface area contributed by atoms with Gasteiger partial charge in [-0.1, -0.05) is 66.2 Å². The Morgan fingerprint density at radius 1 is 0.533 bits per heavy atom. The number of Topliss-reactive ketones (excluding diaryl/α,β-unsaturated/α-hetero) is 1. The normalized spacial score (nSPS) is 11.4. The summed E-state index contributed by atoms with van der Waals surface area (Å²) in [6.07, 6.45) is 12.8. The lowest BCUT2D eigenvalue weighted by atomic mass is 10.2. The average Bonchev–Trinajstić information content (AvgIpc) is 1.63. The van der Waals surface area contributed by atoms with Gasteiger partial charge in [-0.15, -0.1) is 0 Å². The van der Waals surface area contributed by atoms with Crippen LogP contribution in [0.2, 0.25) is 5.02 Å². The Morgan fingerprint density at radius 3 is 1.65 bits per heavy atom. The molecular weight excluding hydrogens is 1250 g/mol. The number of methoxy groups -OCH3 is 1. The van der Waals surface area contributed by atoms with Gasteiger partial charge in [0, 0.05) is 89.9 Å². The predicted molar refractivity (Wildman–Crippen MR) is 343 cm³/mol. The zero-order valence-electron chi connectivity index (χ0n) is 49.5. The summed E-state index contributed by atoms with van der Waals surface area (Å²) < 4.78 is 84.2. The lowest BCUT2D eigenvalue weighted by Gasteiger charge is -2.11. The number of carbonyl (C=O) groups excluding carboxylic acids is 4. The minimum Gasteiger partial charge on any atom is -0.495 e. The van der Waals surface area contributed by atoms with E-state index in [2.05, 4.69) is 51.1 Å². The summed E-state index contributed by atoms with van der Waals surface area (Å²) >= 11 is 5.97. The molecule has 6 aromatic heterocycles. The number of nitrogens with zero attached hydrogens (tertiary/aromatic N) is 6. The molecule has 5 N–H and O–H groups in total. The zero-order valence-corrected chi connectivity index (χ0v) is 52.7. The number of aromatic amines is 2. The van der Waals surface area contributed by atoms with Crippen molar-refractivity contribution in [3.8, 4) is 5.75 Å². The largest absolute Gasteiger partial charge is 0.495 e. The van der Waals surface area contributed by atoms with Gasteiger partial charge in [0.15, 0.2) is 11.4 Å². The summed E-state index contributed by atoms with van der Waals surface area (Å²) in [6.45, 7) is 5.92. The number of rotatable bonds is 17. The number of ether oxygens (including phenoxy) is 1. The summed E-state index contributed by atoms with van der Waals surface area (Å²) in [7, 11) is -9.72. The van der Waals surface area contributed by atoms with Gasteiger partial charge in [0.05, 0.1) is 48.9 Å². The number of H-pyrrole nitrogens is 2. The van der Waals surface area contributed by atoms with E-state index in [-0.39, 0.29) is 78.3 Å². The van der Waals surface area contributed by atoms with Crippen LogP contribution >= 0.6 is 11.6 Å². The second kappa shape index (κ2) is 27.6. The number of nitrogens with one attached hydrogen (secondary N) is 5. The SMILES string of the molecule is CC(=O)c1ccc(S(=O)(=O)c2ccc(CNC(=O)c3cnc4[nH]ncc4c3)cc2)cc1.COc1ccc(Cl)cc1S(=O)(=O)c1ccc(CNC(=O)c2cnc3nccn3c2)cc1.Cc1cc(C)cc(S(=O)(=O)c2ccc(CNC(=O)c3cc4cnccc4[nH]3)cc2)c1. The molecule has 0 aliphatic heterocycles. The van der Waals surface area contributed by atoms with E-state index in [0.29, 0.717) is 38.8 Å². The Kier molecular flexibility index (Phi) is 19.3. The molecule has 0 bridgehead atoms. The predicted octanol–water partition coefficient (Wildman–Crippen LogP) is 10.0. The van der Waals surface area contributed by atoms with Crippen LogP contribution in [0.15, 0.2) is 231 Å². The highest BCUT2D eigenvalue weighted by atomic mass is 35.5. The van der Waals surface area contributed by atoms with Gasteiger partial charge in [0.2, 0.25) is 35.3 Å². The fraction of sp³-hybridized carbons (Fsp3) is 0.106. The lowest BCUT2D eigenvalue weighted by molar-refractivity contribution is 0.0940. The Balaban J connectivity index is 0.000000151. The van der Waals surface area contributed by atoms with Crippen LogP contribution in [0, 0.1) is 13.8 Å². The van der Waals surface area contributed by atoms with Crippen LogP contribution < -0.4 is 20.7 Å². The van der Waals surface area contributed by atoms with E-state index in [0.717, 1.165) is 44.1 Å². The molecule has 3 amide bonds. The Bertz CT molecular complexity index is 5050. The maximum absolute atomic E-state index is 13.0. The Hall–Kier alpha value is -10.7. The number of aromatic nitrogens is 8. The number of halogens is 1. The maximum Gasteiger partial charge on any atom is 0.267 e. The number of hydrogen-bond acceptors (Lipinski definition) is 16. The van der Waals surface area contributed by atoms with E-state index < -0.39 is 29.5 Å². The van der Waals surface area contributed by atoms with Crippen LogP contribution in [0.4, 0.5) is 0 Å². The number of ketones is 1. The summed E-state index contributed by atoms with van der Waals surface area (Å²) in [6, 6.07) is 39.9. The Labute approximate surface area is 532 Å². The second-order valence-electron chi connectivity index (χ2n) is 20.8. The molecule has 0 aliphatic carbocycles. The van der Waals surface area contributed by atoms with Gasteiger partial charge in [0.25, 0.3) is 17.7 Å². The van der Waals surface area contributed by atoms with Crippen molar-refractivity contribution in [1.82, 2.24) is 55.5 Å². The van der Waals surface area contributed by atoms with Crippen LogP contribution in [0.3, 0.4) is 0 Å². The number of carbonyl (C=O) groups is 4. The van der Waals surface area contributed by atoms with Crippen LogP contribution in [0.1, 0.15) is 76.3 Å². The molecule has 466 valence electrons. The minimum absolute atomic E-state index is 0.00838. The molecule has 0 fully saturated rings. The summed E-state index contributed by atoms with van der Waals surface area (Å²) in [4.78, 5) is 68.8. The van der Waals surface area contributed by atoms with Gasteiger partial charge >= 0.3 is 0 Å². The fourth-order valence-corrected chi connectivity index (χ4v) is 13.8. The van der Waals surface area contributed by atoms with Crippen molar-refractivity contribution < 1.29 is 49.2 Å². The minimum atomic E-state index is -3.82. The fourth-order valence-electron chi connectivity index (χ4n) is 9.41. The van der Waals surface area contributed by atoms with Crippen molar-refractivity contribution >= 4 is 92.3 Å². The van der Waals surface area contributed by atoms with Crippen molar-refractivity contribution in [3.05, 3.63) is 256 Å². The molecule has 6 aromatic carbocycles. The van der Waals surface area contributed by atoms with Crippen molar-refractivity contribution in [2.24, 2.45) is 0 Å². The summed E-state index contributed by atoms with van der Waals surface area (Å²) in [5.74, 6) is -0.246. The van der Waals surface area contributed by atoms with Crippen molar-refractivity contribution in [3.63, 3.8) is 0 Å². The van der Waals surface area contributed by atoms with Crippen molar-refractivity contribution in [2.45, 2.75) is 69.8 Å². The highest BCUT2D eigenvalue weighted by Gasteiger charge is 2.24. The average molecular weight is 1310 g/mol. The molecule has 12 rings (SSSR count). The highest BCUT2D eigenvalue weighted by Crippen LogP contribution is 2.32. The number of amides is 3. The molecule has 12 aromatic rings. The van der Waals surface area contributed by atoms with E-state index in [4.69, 9.17) is 16.3 Å². The quantitative estimate of drug-likeness (QED) is 0.0529. The number of aryl methyl sites for hydroxylation is 2. The summed E-state index contributed by atoms with van der Waals surface area (Å²) in [5, 5.41) is 16.9. The van der Waals surface area contributed by atoms with Gasteiger partial charge in [0.1, 0.15) is 16.3 Å². The maximum atomic E-state index is 13.0. The number of pyridine rings is 2. The molecule has 26 heteroatoms. The molecule has 92 heavy (non-hydrogen) atoms. The first kappa shape index (κ1) is 64.3. The van der Waals surface area contributed by atoms with Gasteiger partial charge < -0.3 is 25.7 Å². The van der Waals surface area contributed by atoms with Crippen LogP contribution in [0.25, 0.3) is 27.7 Å². The molecule has 0 atom stereocenters. The molecule has 0 radical (unpaired) electrons. The first-order chi connectivity index (χ1) is 44.0. The summed E-state index contributed by atoms with van der Waals surface area (Å²) in [5.41, 5.74) is 7.24. The van der Waals surface area contributed by atoms with Gasteiger partial charge in [-0.2, -0.15) is 5.10 Å². The van der Waals surface area contributed by atoms with E-state index in [1.54, 1.807) is 127 Å². The molecule has 0 spiro atoms. The molecule has 6 heterocycles. The van der Waals surface area contributed by atoms with E-state index in [1.165, 1.54) is 87.1 Å². The molecule has 0 saturated carbocycles. The molecule has 0 unspecified atom stereocenters. The third kappa shape index (κ3) is 14.9. The first-order valence-electron chi connectivity index (χ1n) is 28.0. The standard InChI is InChI=1S/C23H21N3O3S.C22H18N4O4S.C21H17ClN4O4S/c1-15-9-16(2)11-20(10-15)30(28,29)19-5-3-17(4-6-19)13-25-23(27)22-12-18-14-24-8-7-21(18)26-22;1-14(27)16-4-8-20(9-5-16)31(29,30)19-6-2-15(3-7-19)11-24-22(28)18-10-17-13-25-26-21(17)23-12-18;1-30-18-7-4-16(22)10-19(18)31(28,29)17-5-2-14(3-6-17)11-24-20(27)15-12-25-21-23-8-9-26(21)13-15/h3-12,14,26H,13H2,1-2H3,(H,25,27);2-10,12-13H,11H2,1H3,(H,24,28)(H,23,25,26);2-10,12-13H,11H2,1H3,(H,24,27). The molecule has 0 saturated heterocycles. The topological polar surface area (TPSA) is 316 Å². The zero-order chi connectivity index (χ0) is 65.3. The smallest absolute Gasteiger partial charge is 0.267 e. The second-order valence-corrected chi connectivity index (χ2v) is 27.1. The number of sulfone groups is 3. The van der Waals surface area contributed by atoms with Gasteiger partial charge in [-0.05, 0) is 146 Å². The van der Waals surface area contributed by atoms with Crippen LogP contribution in [-0.2, 0) is 49.1 Å². The molecular formula is C66H56ClN11O11S3. The number of fused-ring (bicyclic) bond motifs is 3. The van der Waals surface area contributed by atoms with E-state index >= 15 is 0 Å². The first-order valence-corrected chi connectivity index (χ1v) is 32.8. The highest BCUT2D eigenvalue weighted by molar-refractivity contribution is 7.92. The molecule has 0 aliphatic rings. The van der Waals surface area contributed by atoms with Gasteiger partial charge in [-0.25, -0.2) is 40.2 Å². The Morgan fingerprint density at radius 2 is 1.08 bits per heavy atom. The number of imidazole rings is 1. The third-order valence-electron chi connectivity index (χ3n) is 14.3. The lowest BCUT2D eigenvalue weighted by Crippen LogP contribution is -2.23. The monoisotopic (exact) mass is 1310 g/mol. The number of benzene rings is 6. The van der Waals surface area contributed by atoms with Crippen molar-refractivity contribution in [2.75, 3.05) is 7.11 Å². The van der Waals surface area contributed by atoms with Crippen LogP contribution in [-0.4, -0.2) is 95.4 Å². The molecule has 22 nitrogen and oxygen atoms in total. The van der Waals surface area contributed by atoms with Crippen LogP contribution in [0.5, 0.6) is 5.75 Å². The van der Waals surface area contributed by atoms with E-state index in [9.17, 15) is 44.4 Å². The third-order valence-corrected chi connectivity index (χ3v) is 19.8.